The summed E-state index contributed by atoms with van der Waals surface area (Å²) in [6.45, 7) is 6.48. The van der Waals surface area contributed by atoms with E-state index in [1.807, 2.05) is 12.1 Å². The molecule has 0 aliphatic heterocycles. The van der Waals surface area contributed by atoms with Gasteiger partial charge in [-0.05, 0) is 31.0 Å². The quantitative estimate of drug-likeness (QED) is 0.737. The van der Waals surface area contributed by atoms with Crippen LogP contribution in [0, 0.1) is 5.92 Å². The molecule has 0 amide bonds. The van der Waals surface area contributed by atoms with Gasteiger partial charge in [-0.3, -0.25) is 9.59 Å². The third kappa shape index (κ3) is 2.86. The lowest BCUT2D eigenvalue weighted by molar-refractivity contribution is 0.495. The van der Waals surface area contributed by atoms with Crippen molar-refractivity contribution in [1.82, 2.24) is 9.97 Å². The lowest BCUT2D eigenvalue weighted by Crippen LogP contribution is -2.29. The Hall–Kier alpha value is -2.04. The van der Waals surface area contributed by atoms with Crippen molar-refractivity contribution in [3.8, 4) is 0 Å². The first-order valence-corrected chi connectivity index (χ1v) is 6.54. The Morgan fingerprint density at radius 2 is 1.74 bits per heavy atom. The van der Waals surface area contributed by atoms with Crippen LogP contribution in [-0.4, -0.2) is 16.0 Å². The van der Waals surface area contributed by atoms with Gasteiger partial charge in [0.25, 0.3) is 0 Å². The van der Waals surface area contributed by atoms with Gasteiger partial charge in [0.1, 0.15) is 0 Å². The van der Waals surface area contributed by atoms with Crippen LogP contribution in [0.4, 0.5) is 5.69 Å². The average Bonchev–Trinajstić information content (AvgIpc) is 2.39. The molecule has 102 valence electrons. The molecule has 2 rings (SSSR count). The van der Waals surface area contributed by atoms with E-state index in [0.717, 1.165) is 12.1 Å². The summed E-state index contributed by atoms with van der Waals surface area (Å²) in [5.74, 6) is 0.560. The number of anilines is 1. The third-order valence-electron chi connectivity index (χ3n) is 3.61. The highest BCUT2D eigenvalue weighted by Gasteiger charge is 2.10. The van der Waals surface area contributed by atoms with Gasteiger partial charge in [0.2, 0.25) is 0 Å². The molecule has 5 heteroatoms. The Balaban J connectivity index is 2.34. The lowest BCUT2D eigenvalue weighted by Gasteiger charge is -2.21. The third-order valence-corrected chi connectivity index (χ3v) is 3.61. The molecule has 0 spiro atoms. The van der Waals surface area contributed by atoms with E-state index >= 15 is 0 Å². The van der Waals surface area contributed by atoms with E-state index in [1.165, 1.54) is 0 Å². The Bertz CT molecular complexity index is 687. The first-order valence-electron chi connectivity index (χ1n) is 6.54. The Morgan fingerprint density at radius 3 is 2.37 bits per heavy atom. The fourth-order valence-electron chi connectivity index (χ4n) is 1.96. The molecule has 0 aliphatic carbocycles. The van der Waals surface area contributed by atoms with Crippen molar-refractivity contribution in [2.24, 2.45) is 5.92 Å². The molecule has 1 aromatic heterocycles. The fourth-order valence-corrected chi connectivity index (χ4v) is 1.96. The number of fused-ring (bicyclic) bond motifs is 1. The molecule has 0 fully saturated rings. The number of hydrogen-bond donors (Lipinski definition) is 3. The predicted octanol–water partition coefficient (Wildman–Crippen LogP) is 2.06. The summed E-state index contributed by atoms with van der Waals surface area (Å²) < 4.78 is 0. The van der Waals surface area contributed by atoms with Crippen molar-refractivity contribution in [2.45, 2.75) is 33.2 Å². The van der Waals surface area contributed by atoms with Crippen molar-refractivity contribution in [3.05, 3.63) is 38.9 Å². The van der Waals surface area contributed by atoms with Crippen LogP contribution in [0.1, 0.15) is 27.2 Å². The second-order valence-corrected chi connectivity index (χ2v) is 4.99. The molecule has 1 aromatic carbocycles. The van der Waals surface area contributed by atoms with E-state index in [2.05, 4.69) is 36.1 Å². The van der Waals surface area contributed by atoms with Crippen LogP contribution < -0.4 is 16.4 Å². The highest BCUT2D eigenvalue weighted by Crippen LogP contribution is 2.17. The highest BCUT2D eigenvalue weighted by atomic mass is 16.2. The van der Waals surface area contributed by atoms with Crippen LogP contribution in [0.2, 0.25) is 0 Å². The number of aromatic amines is 2. The maximum atomic E-state index is 11.3. The van der Waals surface area contributed by atoms with Gasteiger partial charge in [-0.2, -0.15) is 0 Å². The van der Waals surface area contributed by atoms with Crippen LogP contribution in [0.5, 0.6) is 0 Å². The SMILES string of the molecule is CCC(C)C(C)Nc1ccc2[nH]c(=O)c(=O)[nH]c2c1. The van der Waals surface area contributed by atoms with Crippen molar-refractivity contribution in [1.29, 1.82) is 0 Å². The molecule has 19 heavy (non-hydrogen) atoms. The first kappa shape index (κ1) is 13.4. The van der Waals surface area contributed by atoms with E-state index in [4.69, 9.17) is 0 Å². The number of benzene rings is 1. The summed E-state index contributed by atoms with van der Waals surface area (Å²) in [6.07, 6.45) is 1.10. The number of nitrogens with one attached hydrogen (secondary N) is 3. The molecular formula is C14H19N3O2. The summed E-state index contributed by atoms with van der Waals surface area (Å²) in [5.41, 5.74) is 0.945. The van der Waals surface area contributed by atoms with Crippen LogP contribution in [0.3, 0.4) is 0 Å². The van der Waals surface area contributed by atoms with Gasteiger partial charge in [0, 0.05) is 11.7 Å². The minimum Gasteiger partial charge on any atom is -0.382 e. The summed E-state index contributed by atoms with van der Waals surface area (Å²) in [4.78, 5) is 27.6. The van der Waals surface area contributed by atoms with Crippen molar-refractivity contribution in [3.63, 3.8) is 0 Å². The van der Waals surface area contributed by atoms with Crippen molar-refractivity contribution >= 4 is 16.7 Å². The zero-order chi connectivity index (χ0) is 14.0. The molecule has 1 heterocycles. The van der Waals surface area contributed by atoms with E-state index in [-0.39, 0.29) is 0 Å². The van der Waals surface area contributed by atoms with Gasteiger partial charge >= 0.3 is 11.1 Å². The lowest BCUT2D eigenvalue weighted by atomic mass is 10.0. The van der Waals surface area contributed by atoms with E-state index in [9.17, 15) is 9.59 Å². The smallest absolute Gasteiger partial charge is 0.314 e. The first-order chi connectivity index (χ1) is 9.01. The van der Waals surface area contributed by atoms with Gasteiger partial charge < -0.3 is 15.3 Å². The van der Waals surface area contributed by atoms with Gasteiger partial charge in [0.15, 0.2) is 0 Å². The second-order valence-electron chi connectivity index (χ2n) is 4.99. The maximum Gasteiger partial charge on any atom is 0.314 e. The molecular weight excluding hydrogens is 242 g/mol. The number of aromatic nitrogens is 2. The minimum absolute atomic E-state index is 0.344. The number of H-pyrrole nitrogens is 2. The molecule has 2 unspecified atom stereocenters. The molecule has 0 saturated carbocycles. The largest absolute Gasteiger partial charge is 0.382 e. The topological polar surface area (TPSA) is 77.8 Å². The molecule has 2 atom stereocenters. The van der Waals surface area contributed by atoms with E-state index in [0.29, 0.717) is 23.0 Å². The zero-order valence-electron chi connectivity index (χ0n) is 11.4. The number of hydrogen-bond acceptors (Lipinski definition) is 3. The van der Waals surface area contributed by atoms with E-state index < -0.39 is 11.1 Å². The molecule has 5 nitrogen and oxygen atoms in total. The van der Waals surface area contributed by atoms with Gasteiger partial charge in [-0.15, -0.1) is 0 Å². The normalized spacial score (nSPS) is 14.3. The molecule has 0 bridgehead atoms. The average molecular weight is 261 g/mol. The molecule has 2 aromatic rings. The highest BCUT2D eigenvalue weighted by molar-refractivity contribution is 5.78. The van der Waals surface area contributed by atoms with Crippen LogP contribution in [-0.2, 0) is 0 Å². The zero-order valence-corrected chi connectivity index (χ0v) is 11.4. The predicted molar refractivity (Wildman–Crippen MR) is 77.7 cm³/mol. The molecule has 0 aliphatic rings. The summed E-state index contributed by atoms with van der Waals surface area (Å²) in [5, 5.41) is 3.40. The summed E-state index contributed by atoms with van der Waals surface area (Å²) in [7, 11) is 0. The Morgan fingerprint density at radius 1 is 1.11 bits per heavy atom. The van der Waals surface area contributed by atoms with Crippen molar-refractivity contribution < 1.29 is 0 Å². The molecule has 0 saturated heterocycles. The second kappa shape index (κ2) is 5.30. The monoisotopic (exact) mass is 261 g/mol. The standard InChI is InChI=1S/C14H19N3O2/c1-4-8(2)9(3)15-10-5-6-11-12(7-10)17-14(19)13(18)16-11/h5-9,15H,4H2,1-3H3,(H,16,18)(H,17,19). The maximum absolute atomic E-state index is 11.3. The molecule has 3 N–H and O–H groups in total. The fraction of sp³-hybridized carbons (Fsp3) is 0.429. The van der Waals surface area contributed by atoms with Crippen LogP contribution in [0.25, 0.3) is 11.0 Å². The Labute approximate surface area is 111 Å². The number of rotatable bonds is 4. The van der Waals surface area contributed by atoms with Crippen LogP contribution in [0.15, 0.2) is 27.8 Å². The minimum atomic E-state index is -0.625. The summed E-state index contributed by atoms with van der Waals surface area (Å²) >= 11 is 0. The van der Waals surface area contributed by atoms with Gasteiger partial charge in [-0.1, -0.05) is 20.3 Å². The van der Waals surface area contributed by atoms with Gasteiger partial charge in [0.05, 0.1) is 11.0 Å². The summed E-state index contributed by atoms with van der Waals surface area (Å²) in [6, 6.07) is 5.87. The van der Waals surface area contributed by atoms with Crippen molar-refractivity contribution in [2.75, 3.05) is 5.32 Å². The van der Waals surface area contributed by atoms with E-state index in [1.54, 1.807) is 6.07 Å². The van der Waals surface area contributed by atoms with Gasteiger partial charge in [-0.25, -0.2) is 0 Å². The molecule has 0 radical (unpaired) electrons. The van der Waals surface area contributed by atoms with Crippen LogP contribution >= 0.6 is 0 Å². The Kier molecular flexibility index (Phi) is 3.74.